The highest BCUT2D eigenvalue weighted by atomic mass is 32.2. The molecule has 2 amide bonds. The number of nitrogens with zero attached hydrogens (tertiary/aromatic N) is 2. The summed E-state index contributed by atoms with van der Waals surface area (Å²) in [6, 6.07) is 16.8. The number of amides is 2. The molecule has 1 aliphatic rings. The van der Waals surface area contributed by atoms with E-state index in [0.717, 1.165) is 53.1 Å². The van der Waals surface area contributed by atoms with Crippen LogP contribution in [0.15, 0.2) is 71.6 Å². The van der Waals surface area contributed by atoms with Crippen LogP contribution >= 0.6 is 0 Å². The van der Waals surface area contributed by atoms with Gasteiger partial charge in [-0.05, 0) is 93.6 Å². The molecule has 1 saturated carbocycles. The highest BCUT2D eigenvalue weighted by Crippen LogP contribution is 2.27. The SMILES string of the molecule is Cc1ccc(S(=O)(=O)N(CC(=O)N(Cc2ccc(F)cc2)[C@@H](C)C(=O)NC2CCCCC2)c2cc(C)cc(C)c2)cc1. The predicted molar refractivity (Wildman–Crippen MR) is 163 cm³/mol. The van der Waals surface area contributed by atoms with Crippen LogP contribution in [0, 0.1) is 26.6 Å². The molecule has 0 aromatic heterocycles. The Hall–Kier alpha value is -3.72. The van der Waals surface area contributed by atoms with Gasteiger partial charge in [-0.1, -0.05) is 55.2 Å². The summed E-state index contributed by atoms with van der Waals surface area (Å²) in [6.07, 6.45) is 5.00. The van der Waals surface area contributed by atoms with Crippen LogP contribution in [-0.4, -0.2) is 43.8 Å². The Balaban J connectivity index is 1.69. The maximum atomic E-state index is 14.1. The first-order valence-corrected chi connectivity index (χ1v) is 15.9. The zero-order valence-corrected chi connectivity index (χ0v) is 25.6. The second-order valence-electron chi connectivity index (χ2n) is 11.3. The minimum atomic E-state index is -4.14. The zero-order chi connectivity index (χ0) is 30.4. The van der Waals surface area contributed by atoms with Crippen LogP contribution in [-0.2, 0) is 26.2 Å². The Morgan fingerprint density at radius 1 is 0.881 bits per heavy atom. The van der Waals surface area contributed by atoms with Gasteiger partial charge in [-0.25, -0.2) is 12.8 Å². The van der Waals surface area contributed by atoms with E-state index in [0.29, 0.717) is 11.3 Å². The van der Waals surface area contributed by atoms with E-state index in [2.05, 4.69) is 5.32 Å². The lowest BCUT2D eigenvalue weighted by Gasteiger charge is -2.33. The molecule has 4 rings (SSSR count). The quantitative estimate of drug-likeness (QED) is 0.321. The summed E-state index contributed by atoms with van der Waals surface area (Å²) in [7, 11) is -4.14. The molecule has 1 fully saturated rings. The maximum Gasteiger partial charge on any atom is 0.264 e. The molecule has 0 heterocycles. The van der Waals surface area contributed by atoms with E-state index in [1.54, 1.807) is 43.3 Å². The summed E-state index contributed by atoms with van der Waals surface area (Å²) in [5.41, 5.74) is 3.60. The molecule has 1 aliphatic carbocycles. The molecule has 0 aliphatic heterocycles. The number of nitrogens with one attached hydrogen (secondary N) is 1. The number of aryl methyl sites for hydroxylation is 3. The molecule has 0 radical (unpaired) electrons. The molecule has 224 valence electrons. The predicted octanol–water partition coefficient (Wildman–Crippen LogP) is 5.81. The van der Waals surface area contributed by atoms with Gasteiger partial charge in [0, 0.05) is 12.6 Å². The number of rotatable bonds is 10. The molecule has 0 unspecified atom stereocenters. The van der Waals surface area contributed by atoms with Gasteiger partial charge in [0.2, 0.25) is 11.8 Å². The van der Waals surface area contributed by atoms with Crippen molar-refractivity contribution in [2.45, 2.75) is 83.3 Å². The minimum absolute atomic E-state index is 0.0175. The first-order chi connectivity index (χ1) is 19.9. The number of benzene rings is 3. The van der Waals surface area contributed by atoms with Crippen LogP contribution < -0.4 is 9.62 Å². The molecule has 1 N–H and O–H groups in total. The van der Waals surface area contributed by atoms with E-state index in [1.165, 1.54) is 29.2 Å². The van der Waals surface area contributed by atoms with Gasteiger partial charge >= 0.3 is 0 Å². The van der Waals surface area contributed by atoms with Crippen molar-refractivity contribution in [3.05, 3.63) is 94.8 Å². The number of halogens is 1. The van der Waals surface area contributed by atoms with Gasteiger partial charge < -0.3 is 10.2 Å². The Bertz CT molecular complexity index is 1480. The second-order valence-corrected chi connectivity index (χ2v) is 13.2. The van der Waals surface area contributed by atoms with Crippen molar-refractivity contribution < 1.29 is 22.4 Å². The summed E-state index contributed by atoms with van der Waals surface area (Å²) >= 11 is 0. The lowest BCUT2D eigenvalue weighted by Crippen LogP contribution is -2.53. The molecule has 3 aromatic carbocycles. The van der Waals surface area contributed by atoms with Crippen molar-refractivity contribution in [3.63, 3.8) is 0 Å². The molecular formula is C33H40FN3O4S. The summed E-state index contributed by atoms with van der Waals surface area (Å²) in [5, 5.41) is 3.09. The van der Waals surface area contributed by atoms with E-state index in [-0.39, 0.29) is 23.4 Å². The molecule has 3 aromatic rings. The maximum absolute atomic E-state index is 14.1. The van der Waals surface area contributed by atoms with Gasteiger partial charge in [0.15, 0.2) is 0 Å². The van der Waals surface area contributed by atoms with Crippen molar-refractivity contribution in [1.82, 2.24) is 10.2 Å². The van der Waals surface area contributed by atoms with Crippen LogP contribution in [0.25, 0.3) is 0 Å². The van der Waals surface area contributed by atoms with E-state index >= 15 is 0 Å². The minimum Gasteiger partial charge on any atom is -0.352 e. The van der Waals surface area contributed by atoms with E-state index < -0.39 is 34.3 Å². The van der Waals surface area contributed by atoms with Crippen molar-refractivity contribution in [1.29, 1.82) is 0 Å². The topological polar surface area (TPSA) is 86.8 Å². The van der Waals surface area contributed by atoms with Gasteiger partial charge in [-0.2, -0.15) is 0 Å². The van der Waals surface area contributed by atoms with Gasteiger partial charge in [-0.3, -0.25) is 13.9 Å². The number of sulfonamides is 1. The number of carbonyl (C=O) groups excluding carboxylic acids is 2. The summed E-state index contributed by atoms with van der Waals surface area (Å²) in [5.74, 6) is -1.25. The van der Waals surface area contributed by atoms with Gasteiger partial charge in [0.25, 0.3) is 10.0 Å². The number of carbonyl (C=O) groups is 2. The second kappa shape index (κ2) is 13.5. The average Bonchev–Trinajstić information content (AvgIpc) is 2.95. The van der Waals surface area contributed by atoms with E-state index in [9.17, 15) is 22.4 Å². The first kappa shape index (κ1) is 31.2. The first-order valence-electron chi connectivity index (χ1n) is 14.5. The number of hydrogen-bond acceptors (Lipinski definition) is 4. The molecule has 0 bridgehead atoms. The van der Waals surface area contributed by atoms with Gasteiger partial charge in [-0.15, -0.1) is 0 Å². The fraction of sp³-hybridized carbons (Fsp3) is 0.394. The molecule has 9 heteroatoms. The van der Waals surface area contributed by atoms with Gasteiger partial charge in [0.1, 0.15) is 18.4 Å². The Labute approximate surface area is 248 Å². The van der Waals surface area contributed by atoms with Crippen LogP contribution in [0.2, 0.25) is 0 Å². The average molecular weight is 594 g/mol. The largest absolute Gasteiger partial charge is 0.352 e. The highest BCUT2D eigenvalue weighted by molar-refractivity contribution is 7.92. The zero-order valence-electron chi connectivity index (χ0n) is 24.8. The Kier molecular flexibility index (Phi) is 10.0. The molecule has 42 heavy (non-hydrogen) atoms. The van der Waals surface area contributed by atoms with Crippen molar-refractivity contribution in [2.24, 2.45) is 0 Å². The molecule has 0 saturated heterocycles. The third-order valence-electron chi connectivity index (χ3n) is 7.77. The van der Waals surface area contributed by atoms with Crippen molar-refractivity contribution in [3.8, 4) is 0 Å². The van der Waals surface area contributed by atoms with E-state index in [4.69, 9.17) is 0 Å². The monoisotopic (exact) mass is 593 g/mol. The summed E-state index contributed by atoms with van der Waals surface area (Å²) in [4.78, 5) is 28.9. The van der Waals surface area contributed by atoms with Crippen LogP contribution in [0.1, 0.15) is 61.3 Å². The molecule has 7 nitrogen and oxygen atoms in total. The number of hydrogen-bond donors (Lipinski definition) is 1. The van der Waals surface area contributed by atoms with E-state index in [1.807, 2.05) is 26.8 Å². The third-order valence-corrected chi connectivity index (χ3v) is 9.56. The van der Waals surface area contributed by atoms with Crippen LogP contribution in [0.5, 0.6) is 0 Å². The van der Waals surface area contributed by atoms with Crippen LogP contribution in [0.3, 0.4) is 0 Å². The molecule has 1 atom stereocenters. The summed E-state index contributed by atoms with van der Waals surface area (Å²) in [6.45, 7) is 6.76. The molecular weight excluding hydrogens is 553 g/mol. The standard InChI is InChI=1S/C33H40FN3O4S/c1-23-10-16-31(17-11-23)42(40,41)37(30-19-24(2)18-25(3)20-30)22-32(38)36(21-27-12-14-28(34)15-13-27)26(4)33(39)35-29-8-6-5-7-9-29/h10-20,26,29H,5-9,21-22H2,1-4H3,(H,35,39)/t26-/m0/s1. The third kappa shape index (κ3) is 7.76. The number of anilines is 1. The fourth-order valence-corrected chi connectivity index (χ4v) is 6.80. The lowest BCUT2D eigenvalue weighted by atomic mass is 9.95. The highest BCUT2D eigenvalue weighted by Gasteiger charge is 2.33. The fourth-order valence-electron chi connectivity index (χ4n) is 5.40. The van der Waals surface area contributed by atoms with Gasteiger partial charge in [0.05, 0.1) is 10.6 Å². The van der Waals surface area contributed by atoms with Crippen molar-refractivity contribution in [2.75, 3.05) is 10.8 Å². The van der Waals surface area contributed by atoms with Crippen molar-refractivity contribution >= 4 is 27.5 Å². The Morgan fingerprint density at radius 3 is 2.07 bits per heavy atom. The van der Waals surface area contributed by atoms with Crippen LogP contribution in [0.4, 0.5) is 10.1 Å². The smallest absolute Gasteiger partial charge is 0.264 e. The summed E-state index contributed by atoms with van der Waals surface area (Å²) < 4.78 is 42.8. The Morgan fingerprint density at radius 2 is 1.48 bits per heavy atom. The normalized spacial score (nSPS) is 14.7. The molecule has 0 spiro atoms. The lowest BCUT2D eigenvalue weighted by molar-refractivity contribution is -0.139.